The van der Waals surface area contributed by atoms with Gasteiger partial charge in [0, 0.05) is 3.57 Å². The number of rotatable bonds is 1. The van der Waals surface area contributed by atoms with Gasteiger partial charge in [-0.15, -0.1) is 0 Å². The van der Waals surface area contributed by atoms with Crippen molar-refractivity contribution >= 4 is 36.6 Å². The van der Waals surface area contributed by atoms with E-state index in [1.54, 1.807) is 5.19 Å². The molecule has 0 bridgehead atoms. The van der Waals surface area contributed by atoms with E-state index in [9.17, 15) is 0 Å². The molecule has 1 aromatic rings. The Morgan fingerprint density at radius 1 is 1.10 bits per heavy atom. The monoisotopic (exact) mass is 262 g/mol. The molecule has 2 heteroatoms. The van der Waals surface area contributed by atoms with Gasteiger partial charge in [0.2, 0.25) is 0 Å². The highest BCUT2D eigenvalue weighted by atomic mass is 127. The summed E-state index contributed by atoms with van der Waals surface area (Å²) in [7, 11) is -0.553. The van der Waals surface area contributed by atoms with E-state index in [-0.39, 0.29) is 0 Å². The summed E-state index contributed by atoms with van der Waals surface area (Å²) in [5.41, 5.74) is 0. The molecule has 0 aliphatic carbocycles. The number of hydrogen-bond donors (Lipinski definition) is 0. The molecule has 0 nitrogen and oxygen atoms in total. The Kier molecular flexibility index (Phi) is 2.91. The van der Waals surface area contributed by atoms with Gasteiger partial charge in [-0.1, -0.05) is 30.4 Å². The molecular formula is C8H11ISi. The van der Waals surface area contributed by atoms with E-state index in [0.717, 1.165) is 0 Å². The van der Waals surface area contributed by atoms with Crippen molar-refractivity contribution in [1.82, 2.24) is 0 Å². The smallest absolute Gasteiger partial charge is 0.0647 e. The molecule has 0 spiro atoms. The fourth-order valence-electron chi connectivity index (χ4n) is 0.848. The lowest BCUT2D eigenvalue weighted by atomic mass is 10.4. The average Bonchev–Trinajstić information content (AvgIpc) is 1.88. The van der Waals surface area contributed by atoms with Crippen molar-refractivity contribution < 1.29 is 0 Å². The summed E-state index contributed by atoms with van der Waals surface area (Å²) in [6.45, 7) is 4.70. The standard InChI is InChI=1S/C8H11ISi/c1-10(2)8-5-3-7(9)4-6-8/h3-6,10H,1-2H3. The lowest BCUT2D eigenvalue weighted by Gasteiger charge is -2.01. The summed E-state index contributed by atoms with van der Waals surface area (Å²) < 4.78 is 1.33. The highest BCUT2D eigenvalue weighted by Crippen LogP contribution is 2.00. The number of benzene rings is 1. The fraction of sp³-hybridized carbons (Fsp3) is 0.250. The Morgan fingerprint density at radius 2 is 1.60 bits per heavy atom. The van der Waals surface area contributed by atoms with Gasteiger partial charge in [-0.25, -0.2) is 0 Å². The van der Waals surface area contributed by atoms with Crippen molar-refractivity contribution in [3.63, 3.8) is 0 Å². The summed E-state index contributed by atoms with van der Waals surface area (Å²) in [5, 5.41) is 1.56. The van der Waals surface area contributed by atoms with E-state index in [1.807, 2.05) is 0 Å². The molecule has 0 fully saturated rings. The molecule has 0 N–H and O–H groups in total. The van der Waals surface area contributed by atoms with Crippen LogP contribution >= 0.6 is 22.6 Å². The van der Waals surface area contributed by atoms with Crippen LogP contribution in [0.3, 0.4) is 0 Å². The predicted octanol–water partition coefficient (Wildman–Crippen LogP) is 1.98. The Morgan fingerprint density at radius 3 is 2.00 bits per heavy atom. The molecule has 54 valence electrons. The zero-order valence-electron chi connectivity index (χ0n) is 6.26. The lowest BCUT2D eigenvalue weighted by Crippen LogP contribution is -2.21. The summed E-state index contributed by atoms with van der Waals surface area (Å²) in [6, 6.07) is 8.86. The van der Waals surface area contributed by atoms with E-state index in [2.05, 4.69) is 60.0 Å². The van der Waals surface area contributed by atoms with E-state index < -0.39 is 8.80 Å². The van der Waals surface area contributed by atoms with Gasteiger partial charge in [0.1, 0.15) is 0 Å². The molecule has 0 heterocycles. The third-order valence-corrected chi connectivity index (χ3v) is 3.97. The SMILES string of the molecule is C[SiH](C)c1ccc(I)cc1. The van der Waals surface area contributed by atoms with E-state index in [1.165, 1.54) is 3.57 Å². The van der Waals surface area contributed by atoms with Crippen LogP contribution < -0.4 is 5.19 Å². The maximum atomic E-state index is 2.35. The quantitative estimate of drug-likeness (QED) is 0.536. The summed E-state index contributed by atoms with van der Waals surface area (Å²) in [5.74, 6) is 0. The van der Waals surface area contributed by atoms with Crippen LogP contribution in [-0.4, -0.2) is 8.80 Å². The third-order valence-electron chi connectivity index (χ3n) is 1.54. The molecule has 0 aromatic heterocycles. The normalized spacial score (nSPS) is 10.4. The van der Waals surface area contributed by atoms with Gasteiger partial charge in [-0.2, -0.15) is 0 Å². The molecular weight excluding hydrogens is 251 g/mol. The zero-order chi connectivity index (χ0) is 7.56. The van der Waals surface area contributed by atoms with Gasteiger partial charge in [-0.05, 0) is 34.7 Å². The average molecular weight is 262 g/mol. The zero-order valence-corrected chi connectivity index (χ0v) is 9.58. The first-order chi connectivity index (χ1) is 4.70. The van der Waals surface area contributed by atoms with Gasteiger partial charge in [0.15, 0.2) is 0 Å². The molecule has 10 heavy (non-hydrogen) atoms. The highest BCUT2D eigenvalue weighted by Gasteiger charge is 1.97. The van der Waals surface area contributed by atoms with Gasteiger partial charge in [0.25, 0.3) is 0 Å². The summed E-state index contributed by atoms with van der Waals surface area (Å²) >= 11 is 2.34. The van der Waals surface area contributed by atoms with E-state index in [4.69, 9.17) is 0 Å². The largest absolute Gasteiger partial charge is 0.0682 e. The van der Waals surface area contributed by atoms with E-state index >= 15 is 0 Å². The minimum absolute atomic E-state index is 0.553. The molecule has 0 radical (unpaired) electrons. The first-order valence-corrected chi connectivity index (χ1v) is 7.42. The summed E-state index contributed by atoms with van der Waals surface area (Å²) in [6.07, 6.45) is 0. The molecule has 1 rings (SSSR count). The van der Waals surface area contributed by atoms with Crippen LogP contribution in [0.25, 0.3) is 0 Å². The molecule has 0 atom stereocenters. The van der Waals surface area contributed by atoms with Crippen LogP contribution in [0.1, 0.15) is 0 Å². The maximum Gasteiger partial charge on any atom is 0.0647 e. The van der Waals surface area contributed by atoms with Crippen molar-refractivity contribution in [3.05, 3.63) is 27.8 Å². The Bertz CT molecular complexity index is 203. The van der Waals surface area contributed by atoms with Gasteiger partial charge < -0.3 is 0 Å². The minimum atomic E-state index is -0.553. The second-order valence-electron chi connectivity index (χ2n) is 2.71. The number of halogens is 1. The maximum absolute atomic E-state index is 2.35. The van der Waals surface area contributed by atoms with Crippen LogP contribution in [0.2, 0.25) is 13.1 Å². The molecule has 0 aliphatic rings. The predicted molar refractivity (Wildman–Crippen MR) is 57.7 cm³/mol. The second kappa shape index (κ2) is 3.53. The van der Waals surface area contributed by atoms with Crippen molar-refractivity contribution in [3.8, 4) is 0 Å². The van der Waals surface area contributed by atoms with Crippen molar-refractivity contribution in [2.45, 2.75) is 13.1 Å². The number of hydrogen-bond acceptors (Lipinski definition) is 0. The van der Waals surface area contributed by atoms with E-state index in [0.29, 0.717) is 0 Å². The van der Waals surface area contributed by atoms with Crippen LogP contribution in [-0.2, 0) is 0 Å². The topological polar surface area (TPSA) is 0 Å². The van der Waals surface area contributed by atoms with Gasteiger partial charge >= 0.3 is 0 Å². The van der Waals surface area contributed by atoms with Crippen molar-refractivity contribution in [2.24, 2.45) is 0 Å². The Balaban J connectivity index is 2.89. The first-order valence-electron chi connectivity index (χ1n) is 3.45. The molecule has 0 unspecified atom stereocenters. The second-order valence-corrected chi connectivity index (χ2v) is 6.93. The first kappa shape index (κ1) is 8.27. The molecule has 0 aliphatic heterocycles. The van der Waals surface area contributed by atoms with Crippen LogP contribution in [0.15, 0.2) is 24.3 Å². The van der Waals surface area contributed by atoms with Gasteiger partial charge in [-0.3, -0.25) is 0 Å². The van der Waals surface area contributed by atoms with Crippen LogP contribution in [0.5, 0.6) is 0 Å². The lowest BCUT2D eigenvalue weighted by molar-refractivity contribution is 1.68. The van der Waals surface area contributed by atoms with Crippen molar-refractivity contribution in [1.29, 1.82) is 0 Å². The molecule has 1 aromatic carbocycles. The van der Waals surface area contributed by atoms with Gasteiger partial charge in [0.05, 0.1) is 8.80 Å². The van der Waals surface area contributed by atoms with Crippen LogP contribution in [0.4, 0.5) is 0 Å². The van der Waals surface area contributed by atoms with Crippen LogP contribution in [0, 0.1) is 3.57 Å². The Hall–Kier alpha value is 0.167. The molecule has 0 saturated heterocycles. The van der Waals surface area contributed by atoms with Crippen molar-refractivity contribution in [2.75, 3.05) is 0 Å². The minimum Gasteiger partial charge on any atom is -0.0682 e. The molecule has 0 saturated carbocycles. The Labute approximate surface area is 77.4 Å². The fourth-order valence-corrected chi connectivity index (χ4v) is 2.17. The molecule has 0 amide bonds. The summed E-state index contributed by atoms with van der Waals surface area (Å²) in [4.78, 5) is 0. The third kappa shape index (κ3) is 2.09. The highest BCUT2D eigenvalue weighted by molar-refractivity contribution is 14.1.